The highest BCUT2D eigenvalue weighted by Crippen LogP contribution is 2.61. The Morgan fingerprint density at radius 3 is 2.91 bits per heavy atom. The normalized spacial score (nSPS) is 46.3. The molecule has 0 aromatic rings. The molecular formula is C9H11IO. The van der Waals surface area contributed by atoms with Gasteiger partial charge in [0.25, 0.3) is 0 Å². The molecule has 3 unspecified atom stereocenters. The first-order valence-electron chi connectivity index (χ1n) is 3.82. The van der Waals surface area contributed by atoms with E-state index >= 15 is 0 Å². The zero-order chi connectivity index (χ0) is 8.06. The van der Waals surface area contributed by atoms with E-state index < -0.39 is 0 Å². The summed E-state index contributed by atoms with van der Waals surface area (Å²) in [5.74, 6) is 2.55. The number of rotatable bonds is 1. The van der Waals surface area contributed by atoms with Gasteiger partial charge in [-0.05, 0) is 24.0 Å². The Kier molecular flexibility index (Phi) is 1.56. The molecule has 1 saturated carbocycles. The predicted octanol–water partition coefficient (Wildman–Crippen LogP) is 2.53. The Bertz CT molecular complexity index is 244. The Morgan fingerprint density at radius 1 is 1.64 bits per heavy atom. The van der Waals surface area contributed by atoms with Gasteiger partial charge >= 0.3 is 0 Å². The fraction of sp³-hybridized carbons (Fsp3) is 0.556. The fourth-order valence-electron chi connectivity index (χ4n) is 1.71. The first-order chi connectivity index (χ1) is 5.18. The van der Waals surface area contributed by atoms with E-state index in [1.54, 1.807) is 7.11 Å². The van der Waals surface area contributed by atoms with E-state index in [1.165, 1.54) is 0 Å². The van der Waals surface area contributed by atoms with Gasteiger partial charge in [0.05, 0.1) is 10.5 Å². The van der Waals surface area contributed by atoms with E-state index in [4.69, 9.17) is 4.74 Å². The minimum Gasteiger partial charge on any atom is -0.497 e. The fourth-order valence-corrected chi connectivity index (χ4v) is 2.97. The van der Waals surface area contributed by atoms with Gasteiger partial charge < -0.3 is 4.74 Å². The predicted molar refractivity (Wildman–Crippen MR) is 53.6 cm³/mol. The van der Waals surface area contributed by atoms with E-state index in [1.807, 2.05) is 0 Å². The maximum absolute atomic E-state index is 5.17. The lowest BCUT2D eigenvalue weighted by Crippen LogP contribution is -2.02. The lowest BCUT2D eigenvalue weighted by Gasteiger charge is -2.09. The molecule has 0 radical (unpaired) electrons. The summed E-state index contributed by atoms with van der Waals surface area (Å²) in [5.41, 5.74) is 0. The number of hydrogen-bond acceptors (Lipinski definition) is 1. The van der Waals surface area contributed by atoms with Crippen LogP contribution >= 0.6 is 22.6 Å². The van der Waals surface area contributed by atoms with E-state index in [2.05, 4.69) is 47.7 Å². The molecule has 0 heterocycles. The molecule has 0 bridgehead atoms. The van der Waals surface area contributed by atoms with Crippen molar-refractivity contribution in [3.05, 3.63) is 24.0 Å². The molecule has 2 aliphatic carbocycles. The zero-order valence-corrected chi connectivity index (χ0v) is 8.83. The van der Waals surface area contributed by atoms with Crippen LogP contribution in [0.15, 0.2) is 24.0 Å². The van der Waals surface area contributed by atoms with Crippen molar-refractivity contribution >= 4 is 22.6 Å². The van der Waals surface area contributed by atoms with Crippen molar-refractivity contribution in [3.63, 3.8) is 0 Å². The summed E-state index contributed by atoms with van der Waals surface area (Å²) in [5, 5.41) is 0. The third-order valence-corrected chi connectivity index (χ3v) is 4.72. The van der Waals surface area contributed by atoms with Crippen LogP contribution in [0.25, 0.3) is 0 Å². The van der Waals surface area contributed by atoms with E-state index in [9.17, 15) is 0 Å². The van der Waals surface area contributed by atoms with Gasteiger partial charge in [-0.15, -0.1) is 0 Å². The van der Waals surface area contributed by atoms with Gasteiger partial charge in [0.15, 0.2) is 0 Å². The minimum atomic E-state index is 0.373. The molecular weight excluding hydrogens is 251 g/mol. The number of halogens is 1. The summed E-state index contributed by atoms with van der Waals surface area (Å²) in [7, 11) is 1.73. The van der Waals surface area contributed by atoms with Crippen molar-refractivity contribution in [3.8, 4) is 0 Å². The second-order valence-electron chi connectivity index (χ2n) is 3.25. The summed E-state index contributed by atoms with van der Waals surface area (Å²) in [4.78, 5) is 0. The SMILES string of the molecule is COC1=CC2(I)C(C)C2C=C1. The number of hydrogen-bond donors (Lipinski definition) is 0. The van der Waals surface area contributed by atoms with Gasteiger partial charge in [0, 0.05) is 0 Å². The van der Waals surface area contributed by atoms with E-state index in [0.717, 1.165) is 17.6 Å². The van der Waals surface area contributed by atoms with Gasteiger partial charge in [-0.1, -0.05) is 35.6 Å². The van der Waals surface area contributed by atoms with Crippen LogP contribution in [0.5, 0.6) is 0 Å². The molecule has 0 aromatic carbocycles. The number of methoxy groups -OCH3 is 1. The molecule has 1 nitrogen and oxygen atoms in total. The Hall–Kier alpha value is 0.01000. The Balaban J connectivity index is 2.27. The first-order valence-corrected chi connectivity index (χ1v) is 4.90. The van der Waals surface area contributed by atoms with Crippen LogP contribution in [0.3, 0.4) is 0 Å². The molecule has 2 rings (SSSR count). The highest BCUT2D eigenvalue weighted by Gasteiger charge is 2.58. The van der Waals surface area contributed by atoms with Crippen molar-refractivity contribution in [1.82, 2.24) is 0 Å². The summed E-state index contributed by atoms with van der Waals surface area (Å²) >= 11 is 2.52. The molecule has 3 atom stereocenters. The second-order valence-corrected chi connectivity index (χ2v) is 5.12. The van der Waals surface area contributed by atoms with Crippen molar-refractivity contribution in [2.24, 2.45) is 11.8 Å². The first kappa shape index (κ1) is 7.65. The molecule has 0 amide bonds. The highest BCUT2D eigenvalue weighted by atomic mass is 127. The maximum Gasteiger partial charge on any atom is 0.115 e. The largest absolute Gasteiger partial charge is 0.497 e. The van der Waals surface area contributed by atoms with Crippen LogP contribution in [0, 0.1) is 11.8 Å². The average Bonchev–Trinajstić information content (AvgIpc) is 2.54. The standard InChI is InChI=1S/C9H11IO/c1-6-8-4-3-7(11-2)5-9(6,8)10/h3-6,8H,1-2H3. The monoisotopic (exact) mass is 262 g/mol. The number of fused-ring (bicyclic) bond motifs is 1. The van der Waals surface area contributed by atoms with Crippen LogP contribution in [-0.2, 0) is 4.74 Å². The van der Waals surface area contributed by atoms with Crippen LogP contribution in [-0.4, -0.2) is 10.5 Å². The highest BCUT2D eigenvalue weighted by molar-refractivity contribution is 14.1. The minimum absolute atomic E-state index is 0.373. The molecule has 0 saturated heterocycles. The summed E-state index contributed by atoms with van der Waals surface area (Å²) in [6, 6.07) is 0. The quantitative estimate of drug-likeness (QED) is 0.521. The summed E-state index contributed by atoms with van der Waals surface area (Å²) < 4.78 is 5.54. The smallest absolute Gasteiger partial charge is 0.115 e. The van der Waals surface area contributed by atoms with E-state index in [0.29, 0.717) is 3.42 Å². The topological polar surface area (TPSA) is 9.23 Å². The summed E-state index contributed by atoms with van der Waals surface area (Å²) in [6.07, 6.45) is 6.57. The average molecular weight is 262 g/mol. The third-order valence-electron chi connectivity index (χ3n) is 2.71. The van der Waals surface area contributed by atoms with Gasteiger partial charge in [-0.3, -0.25) is 0 Å². The molecule has 0 N–H and O–H groups in total. The van der Waals surface area contributed by atoms with Gasteiger partial charge in [-0.2, -0.15) is 0 Å². The van der Waals surface area contributed by atoms with Crippen LogP contribution in [0.1, 0.15) is 6.92 Å². The van der Waals surface area contributed by atoms with Crippen molar-refractivity contribution in [2.75, 3.05) is 7.11 Å². The number of ether oxygens (including phenoxy) is 1. The third kappa shape index (κ3) is 0.949. The molecule has 11 heavy (non-hydrogen) atoms. The van der Waals surface area contributed by atoms with Crippen LogP contribution in [0.2, 0.25) is 0 Å². The van der Waals surface area contributed by atoms with Crippen molar-refractivity contribution in [1.29, 1.82) is 0 Å². The molecule has 0 aromatic heterocycles. The van der Waals surface area contributed by atoms with Crippen molar-refractivity contribution in [2.45, 2.75) is 10.3 Å². The Labute approximate surface area is 80.6 Å². The number of allylic oxidation sites excluding steroid dienone is 3. The molecule has 0 aliphatic heterocycles. The zero-order valence-electron chi connectivity index (χ0n) is 6.67. The lowest BCUT2D eigenvalue weighted by molar-refractivity contribution is 0.304. The molecule has 1 fully saturated rings. The Morgan fingerprint density at radius 2 is 2.36 bits per heavy atom. The second kappa shape index (κ2) is 2.25. The lowest BCUT2D eigenvalue weighted by atomic mass is 10.2. The summed E-state index contributed by atoms with van der Waals surface area (Å²) in [6.45, 7) is 2.29. The van der Waals surface area contributed by atoms with Crippen LogP contribution < -0.4 is 0 Å². The maximum atomic E-state index is 5.17. The molecule has 60 valence electrons. The molecule has 0 spiro atoms. The van der Waals surface area contributed by atoms with Gasteiger partial charge in [0.2, 0.25) is 0 Å². The number of alkyl halides is 1. The van der Waals surface area contributed by atoms with Gasteiger partial charge in [0.1, 0.15) is 5.76 Å². The molecule has 2 aliphatic rings. The van der Waals surface area contributed by atoms with Crippen LogP contribution in [0.4, 0.5) is 0 Å². The van der Waals surface area contributed by atoms with E-state index in [-0.39, 0.29) is 0 Å². The van der Waals surface area contributed by atoms with Crippen molar-refractivity contribution < 1.29 is 4.74 Å². The molecule has 2 heteroatoms. The van der Waals surface area contributed by atoms with Gasteiger partial charge in [-0.25, -0.2) is 0 Å².